The molecule has 0 aromatic rings. The van der Waals surface area contributed by atoms with Gasteiger partial charge in [-0.15, -0.1) is 5.73 Å². The first kappa shape index (κ1) is 13.5. The molecule has 0 spiro atoms. The van der Waals surface area contributed by atoms with Crippen LogP contribution >= 0.6 is 0 Å². The molecule has 1 aliphatic rings. The van der Waals surface area contributed by atoms with E-state index in [9.17, 15) is 4.79 Å². The van der Waals surface area contributed by atoms with Gasteiger partial charge in [-0.05, 0) is 13.8 Å². The number of rotatable bonds is 4. The minimum absolute atomic E-state index is 0.0502. The number of carbonyl (C=O) groups excluding carboxylic acids is 1. The Morgan fingerprint density at radius 2 is 2.18 bits per heavy atom. The number of carbonyl (C=O) groups is 1. The van der Waals surface area contributed by atoms with Gasteiger partial charge in [-0.2, -0.15) is 5.26 Å². The third-order valence-corrected chi connectivity index (χ3v) is 2.15. The highest BCUT2D eigenvalue weighted by Crippen LogP contribution is 2.19. The fourth-order valence-corrected chi connectivity index (χ4v) is 1.31. The van der Waals surface area contributed by atoms with Crippen molar-refractivity contribution in [3.05, 3.63) is 17.4 Å². The van der Waals surface area contributed by atoms with Crippen LogP contribution in [0, 0.1) is 11.3 Å². The standard InChI is InChI=1S/C12H15NO4/c1-3-15-11(14)10(5-7-13)4-6-12(2)16-8-9-17-12/h6H,3,5,8-9H2,1-2H3. The molecular formula is C12H15NO4. The van der Waals surface area contributed by atoms with Gasteiger partial charge in [0.15, 0.2) is 5.79 Å². The molecule has 5 nitrogen and oxygen atoms in total. The Kier molecular flexibility index (Phi) is 4.92. The lowest BCUT2D eigenvalue weighted by atomic mass is 10.2. The molecule has 1 fully saturated rings. The first-order chi connectivity index (χ1) is 8.11. The zero-order chi connectivity index (χ0) is 12.7. The van der Waals surface area contributed by atoms with Gasteiger partial charge in [-0.1, -0.05) is 0 Å². The second-order valence-corrected chi connectivity index (χ2v) is 3.54. The van der Waals surface area contributed by atoms with Gasteiger partial charge >= 0.3 is 5.97 Å². The number of hydrogen-bond acceptors (Lipinski definition) is 5. The van der Waals surface area contributed by atoms with Crippen LogP contribution in [0.2, 0.25) is 0 Å². The van der Waals surface area contributed by atoms with Gasteiger partial charge in [-0.25, -0.2) is 4.79 Å². The molecule has 0 bridgehead atoms. The average molecular weight is 237 g/mol. The second kappa shape index (κ2) is 6.21. The third-order valence-electron chi connectivity index (χ3n) is 2.15. The quantitative estimate of drug-likeness (QED) is 0.419. The van der Waals surface area contributed by atoms with E-state index in [0.29, 0.717) is 13.2 Å². The van der Waals surface area contributed by atoms with Crippen molar-refractivity contribution in [2.45, 2.75) is 26.1 Å². The lowest BCUT2D eigenvalue weighted by Gasteiger charge is -2.15. The SMILES string of the molecule is CCOC(=O)C(=C=CC1(C)OCCO1)CC#N. The van der Waals surface area contributed by atoms with Crippen molar-refractivity contribution in [1.29, 1.82) is 5.26 Å². The van der Waals surface area contributed by atoms with Crippen molar-refractivity contribution in [2.75, 3.05) is 19.8 Å². The van der Waals surface area contributed by atoms with Crippen LogP contribution in [-0.2, 0) is 19.0 Å². The highest BCUT2D eigenvalue weighted by molar-refractivity contribution is 5.88. The average Bonchev–Trinajstić information content (AvgIpc) is 2.72. The topological polar surface area (TPSA) is 68.6 Å². The number of nitriles is 1. The Labute approximate surface area is 100 Å². The van der Waals surface area contributed by atoms with Gasteiger partial charge in [0.25, 0.3) is 0 Å². The molecular weight excluding hydrogens is 222 g/mol. The summed E-state index contributed by atoms with van der Waals surface area (Å²) in [5, 5.41) is 8.61. The molecule has 1 saturated heterocycles. The first-order valence-corrected chi connectivity index (χ1v) is 5.40. The summed E-state index contributed by atoms with van der Waals surface area (Å²) in [5.74, 6) is -1.40. The van der Waals surface area contributed by atoms with E-state index < -0.39 is 11.8 Å². The molecule has 0 amide bonds. The van der Waals surface area contributed by atoms with Crippen LogP contribution < -0.4 is 0 Å². The molecule has 0 saturated carbocycles. The van der Waals surface area contributed by atoms with Gasteiger partial charge in [0.2, 0.25) is 0 Å². The monoisotopic (exact) mass is 237 g/mol. The normalized spacial score (nSPS) is 16.8. The molecule has 92 valence electrons. The van der Waals surface area contributed by atoms with Gasteiger partial charge in [0.1, 0.15) is 0 Å². The molecule has 0 radical (unpaired) electrons. The Morgan fingerprint density at radius 1 is 1.53 bits per heavy atom. The summed E-state index contributed by atoms with van der Waals surface area (Å²) in [6, 6.07) is 1.89. The van der Waals surface area contributed by atoms with Gasteiger partial charge in [0.05, 0.1) is 37.9 Å². The maximum Gasteiger partial charge on any atom is 0.342 e. The summed E-state index contributed by atoms with van der Waals surface area (Å²) >= 11 is 0. The van der Waals surface area contributed by atoms with Crippen LogP contribution in [0.3, 0.4) is 0 Å². The molecule has 0 aliphatic carbocycles. The van der Waals surface area contributed by atoms with Crippen LogP contribution in [-0.4, -0.2) is 31.6 Å². The van der Waals surface area contributed by atoms with Crippen molar-refractivity contribution >= 4 is 5.97 Å². The minimum Gasteiger partial charge on any atom is -0.462 e. The highest BCUT2D eigenvalue weighted by atomic mass is 16.7. The van der Waals surface area contributed by atoms with Crippen LogP contribution in [0.15, 0.2) is 17.4 Å². The summed E-state index contributed by atoms with van der Waals surface area (Å²) < 4.78 is 15.5. The van der Waals surface area contributed by atoms with Gasteiger partial charge < -0.3 is 14.2 Å². The zero-order valence-corrected chi connectivity index (χ0v) is 9.99. The van der Waals surface area contributed by atoms with E-state index >= 15 is 0 Å². The van der Waals surface area contributed by atoms with E-state index in [0.717, 1.165) is 0 Å². The second-order valence-electron chi connectivity index (χ2n) is 3.54. The molecule has 1 aliphatic heterocycles. The summed E-state index contributed by atoms with van der Waals surface area (Å²) in [5.41, 5.74) is 2.91. The van der Waals surface area contributed by atoms with Crippen molar-refractivity contribution in [1.82, 2.24) is 0 Å². The maximum atomic E-state index is 11.5. The predicted molar refractivity (Wildman–Crippen MR) is 58.8 cm³/mol. The first-order valence-electron chi connectivity index (χ1n) is 5.40. The van der Waals surface area contributed by atoms with E-state index in [2.05, 4.69) is 5.73 Å². The maximum absolute atomic E-state index is 11.5. The summed E-state index contributed by atoms with van der Waals surface area (Å²) in [7, 11) is 0. The van der Waals surface area contributed by atoms with Crippen molar-refractivity contribution in [3.8, 4) is 6.07 Å². The van der Waals surface area contributed by atoms with Gasteiger partial charge in [-0.3, -0.25) is 0 Å². The molecule has 17 heavy (non-hydrogen) atoms. The third kappa shape index (κ3) is 4.04. The number of ether oxygens (including phenoxy) is 3. The Hall–Kier alpha value is -1.60. The van der Waals surface area contributed by atoms with E-state index in [1.54, 1.807) is 13.8 Å². The smallest absolute Gasteiger partial charge is 0.342 e. The Bertz CT molecular complexity index is 382. The predicted octanol–water partition coefficient (Wildman–Crippen LogP) is 1.31. The molecule has 0 unspecified atom stereocenters. The lowest BCUT2D eigenvalue weighted by molar-refractivity contribution is -0.138. The largest absolute Gasteiger partial charge is 0.462 e. The molecule has 5 heteroatoms. The van der Waals surface area contributed by atoms with E-state index in [-0.39, 0.29) is 18.6 Å². The van der Waals surface area contributed by atoms with E-state index in [4.69, 9.17) is 19.5 Å². The Balaban J connectivity index is 2.85. The number of nitrogens with zero attached hydrogens (tertiary/aromatic N) is 1. The highest BCUT2D eigenvalue weighted by Gasteiger charge is 2.27. The molecule has 1 heterocycles. The van der Waals surface area contributed by atoms with Crippen LogP contribution in [0.5, 0.6) is 0 Å². The Morgan fingerprint density at radius 3 is 2.71 bits per heavy atom. The molecule has 0 atom stereocenters. The molecule has 0 aromatic heterocycles. The fourth-order valence-electron chi connectivity index (χ4n) is 1.31. The van der Waals surface area contributed by atoms with Crippen LogP contribution in [0.1, 0.15) is 20.3 Å². The molecule has 1 rings (SSSR count). The molecule has 0 aromatic carbocycles. The van der Waals surface area contributed by atoms with Crippen LogP contribution in [0.4, 0.5) is 0 Å². The summed E-state index contributed by atoms with van der Waals surface area (Å²) in [6.45, 7) is 4.70. The summed E-state index contributed by atoms with van der Waals surface area (Å²) in [4.78, 5) is 11.5. The van der Waals surface area contributed by atoms with Gasteiger partial charge in [0, 0.05) is 6.08 Å². The van der Waals surface area contributed by atoms with Crippen molar-refractivity contribution < 1.29 is 19.0 Å². The van der Waals surface area contributed by atoms with Crippen LogP contribution in [0.25, 0.3) is 0 Å². The lowest BCUT2D eigenvalue weighted by Crippen LogP contribution is -2.21. The molecule has 0 N–H and O–H groups in total. The summed E-state index contributed by atoms with van der Waals surface area (Å²) in [6.07, 6.45) is 1.45. The van der Waals surface area contributed by atoms with E-state index in [1.807, 2.05) is 6.07 Å². The van der Waals surface area contributed by atoms with Crippen molar-refractivity contribution in [3.63, 3.8) is 0 Å². The minimum atomic E-state index is -0.868. The fraction of sp³-hybridized carbons (Fsp3) is 0.583. The van der Waals surface area contributed by atoms with E-state index in [1.165, 1.54) is 6.08 Å². The number of hydrogen-bond donors (Lipinski definition) is 0. The number of esters is 1. The zero-order valence-electron chi connectivity index (χ0n) is 9.99. The van der Waals surface area contributed by atoms with Crippen molar-refractivity contribution in [2.24, 2.45) is 0 Å².